The third-order valence-electron chi connectivity index (χ3n) is 10.8. The number of benzene rings is 2. The number of hydrogen-bond donors (Lipinski definition) is 3. The summed E-state index contributed by atoms with van der Waals surface area (Å²) in [6, 6.07) is 10.6. The van der Waals surface area contributed by atoms with Gasteiger partial charge in [0.15, 0.2) is 11.5 Å². The molecule has 3 N–H and O–H groups in total. The topological polar surface area (TPSA) is 133 Å². The molecule has 288 valence electrons. The summed E-state index contributed by atoms with van der Waals surface area (Å²) in [5.41, 5.74) is 2.13. The molecule has 2 aromatic carbocycles. The summed E-state index contributed by atoms with van der Waals surface area (Å²) in [7, 11) is 3.03. The van der Waals surface area contributed by atoms with Crippen molar-refractivity contribution in [2.24, 2.45) is 23.7 Å². The summed E-state index contributed by atoms with van der Waals surface area (Å²) in [6.45, 7) is 7.34. The van der Waals surface area contributed by atoms with Crippen LogP contribution in [0.3, 0.4) is 0 Å². The molecule has 6 rings (SSSR count). The van der Waals surface area contributed by atoms with E-state index in [-0.39, 0.29) is 61.1 Å². The first-order chi connectivity index (χ1) is 25.5. The molecule has 0 spiro atoms. The van der Waals surface area contributed by atoms with E-state index in [1.807, 2.05) is 26.0 Å². The Morgan fingerprint density at radius 1 is 0.962 bits per heavy atom. The minimum absolute atomic E-state index is 0.0567. The van der Waals surface area contributed by atoms with Crippen LogP contribution in [0.4, 0.5) is 0 Å². The molecule has 11 nitrogen and oxygen atoms in total. The Hall–Kier alpha value is -4.25. The molecule has 4 amide bonds. The van der Waals surface area contributed by atoms with Crippen LogP contribution >= 0.6 is 11.6 Å². The minimum atomic E-state index is -0.585. The second kappa shape index (κ2) is 18.7. The zero-order chi connectivity index (χ0) is 38.1. The van der Waals surface area contributed by atoms with Crippen LogP contribution in [0.1, 0.15) is 81.6 Å². The lowest BCUT2D eigenvalue weighted by molar-refractivity contribution is -0.139. The highest BCUT2D eigenvalue weighted by Crippen LogP contribution is 2.38. The van der Waals surface area contributed by atoms with Crippen LogP contribution in [-0.2, 0) is 20.8 Å². The number of likely N-dealkylation sites (N-methyl/N-ethyl adjacent to an activating group) is 1. The van der Waals surface area contributed by atoms with Gasteiger partial charge in [-0.25, -0.2) is 0 Å². The number of piperidine rings is 1. The molecule has 2 aliphatic heterocycles. The van der Waals surface area contributed by atoms with Crippen molar-refractivity contribution in [3.05, 3.63) is 58.7 Å². The molecule has 1 aromatic heterocycles. The summed E-state index contributed by atoms with van der Waals surface area (Å²) in [5.74, 6) is 0.315. The highest BCUT2D eigenvalue weighted by Gasteiger charge is 2.48. The second-order valence-electron chi connectivity index (χ2n) is 14.9. The Morgan fingerprint density at radius 2 is 1.72 bits per heavy atom. The largest absolute Gasteiger partial charge is 0.493 e. The van der Waals surface area contributed by atoms with E-state index in [1.165, 1.54) is 59.1 Å². The van der Waals surface area contributed by atoms with Gasteiger partial charge in [0.05, 0.1) is 32.1 Å². The Bertz CT molecular complexity index is 1730. The van der Waals surface area contributed by atoms with Gasteiger partial charge in [-0.15, -0.1) is 0 Å². The monoisotopic (exact) mass is 749 g/mol. The van der Waals surface area contributed by atoms with E-state index in [9.17, 15) is 19.2 Å². The number of aromatic nitrogens is 1. The highest BCUT2D eigenvalue weighted by atomic mass is 35.5. The lowest BCUT2D eigenvalue weighted by Gasteiger charge is -2.39. The standard InChI is InChI=1S/C32H38ClN5O6.C9H18/c1-18(2)44-27-8-5-19(9-28(27)43-4)32(42)38-15-21-14-37(17-25(24(21)16-38)31(41)36-13-29(39)34-3)30(40)10-20-12-35-26-11-22(33)6-7-23(20)26;1-2-6-9-7-4-3-5-8-9/h5-9,11-12,18,21,24-25,35H,10,13-17H2,1-4H3,(H,34,39)(H,36,41);9H,2-8H2,1H3. The molecule has 3 atom stereocenters. The van der Waals surface area contributed by atoms with Crippen LogP contribution in [-0.4, -0.2) is 91.4 Å². The van der Waals surface area contributed by atoms with Crippen molar-refractivity contribution in [2.45, 2.75) is 78.2 Å². The lowest BCUT2D eigenvalue weighted by Crippen LogP contribution is -2.54. The minimum Gasteiger partial charge on any atom is -0.493 e. The first kappa shape index (κ1) is 39.9. The molecule has 1 saturated carbocycles. The number of fused-ring (bicyclic) bond motifs is 2. The van der Waals surface area contributed by atoms with Gasteiger partial charge in [0.1, 0.15) is 0 Å². The van der Waals surface area contributed by atoms with Crippen molar-refractivity contribution in [2.75, 3.05) is 46.9 Å². The van der Waals surface area contributed by atoms with Gasteiger partial charge < -0.3 is 34.9 Å². The van der Waals surface area contributed by atoms with Gasteiger partial charge in [-0.3, -0.25) is 19.2 Å². The number of nitrogens with zero attached hydrogens (tertiary/aromatic N) is 2. The highest BCUT2D eigenvalue weighted by molar-refractivity contribution is 6.31. The molecule has 3 heterocycles. The first-order valence-corrected chi connectivity index (χ1v) is 19.5. The first-order valence-electron chi connectivity index (χ1n) is 19.2. The van der Waals surface area contributed by atoms with Gasteiger partial charge in [-0.05, 0) is 67.5 Å². The Labute approximate surface area is 318 Å². The summed E-state index contributed by atoms with van der Waals surface area (Å²) < 4.78 is 11.3. The molecule has 3 aliphatic rings. The number of nitrogens with one attached hydrogen (secondary N) is 3. The molecular weight excluding hydrogens is 694 g/mol. The molecule has 1 aliphatic carbocycles. The molecular formula is C41H56ClN5O6. The maximum Gasteiger partial charge on any atom is 0.254 e. The maximum absolute atomic E-state index is 13.7. The van der Waals surface area contributed by atoms with Gasteiger partial charge >= 0.3 is 0 Å². The molecule has 0 bridgehead atoms. The third kappa shape index (κ3) is 10.2. The van der Waals surface area contributed by atoms with Crippen molar-refractivity contribution in [1.82, 2.24) is 25.4 Å². The number of hydrogen-bond acceptors (Lipinski definition) is 6. The van der Waals surface area contributed by atoms with Gasteiger partial charge in [0.25, 0.3) is 5.91 Å². The number of amides is 4. The van der Waals surface area contributed by atoms with E-state index in [1.54, 1.807) is 40.3 Å². The van der Waals surface area contributed by atoms with Crippen molar-refractivity contribution in [1.29, 1.82) is 0 Å². The fourth-order valence-corrected chi connectivity index (χ4v) is 8.28. The smallest absolute Gasteiger partial charge is 0.254 e. The quantitative estimate of drug-likeness (QED) is 0.213. The number of H-pyrrole nitrogens is 1. The van der Waals surface area contributed by atoms with Crippen LogP contribution in [0.15, 0.2) is 42.6 Å². The van der Waals surface area contributed by atoms with Gasteiger partial charge in [0, 0.05) is 60.9 Å². The molecule has 3 aromatic rings. The predicted octanol–water partition coefficient (Wildman–Crippen LogP) is 6.24. The van der Waals surface area contributed by atoms with Crippen LogP contribution in [0.5, 0.6) is 11.5 Å². The average Bonchev–Trinajstić information content (AvgIpc) is 3.77. The summed E-state index contributed by atoms with van der Waals surface area (Å²) in [6.07, 6.45) is 12.3. The van der Waals surface area contributed by atoms with E-state index in [2.05, 4.69) is 22.5 Å². The van der Waals surface area contributed by atoms with Crippen molar-refractivity contribution < 1.29 is 28.7 Å². The molecule has 2 saturated heterocycles. The van der Waals surface area contributed by atoms with E-state index in [0.29, 0.717) is 41.7 Å². The van der Waals surface area contributed by atoms with E-state index in [4.69, 9.17) is 21.1 Å². The van der Waals surface area contributed by atoms with Crippen LogP contribution < -0.4 is 20.1 Å². The maximum atomic E-state index is 13.7. The number of carbonyl (C=O) groups is 4. The van der Waals surface area contributed by atoms with Crippen molar-refractivity contribution in [3.63, 3.8) is 0 Å². The Morgan fingerprint density at radius 3 is 2.42 bits per heavy atom. The van der Waals surface area contributed by atoms with E-state index >= 15 is 0 Å². The zero-order valence-corrected chi connectivity index (χ0v) is 32.6. The Kier molecular flexibility index (Phi) is 14.1. The average molecular weight is 750 g/mol. The lowest BCUT2D eigenvalue weighted by atomic mass is 9.79. The number of halogens is 1. The van der Waals surface area contributed by atoms with Crippen LogP contribution in [0.25, 0.3) is 10.9 Å². The number of carbonyl (C=O) groups excluding carboxylic acids is 4. The van der Waals surface area contributed by atoms with E-state index in [0.717, 1.165) is 22.4 Å². The summed E-state index contributed by atoms with van der Waals surface area (Å²) in [4.78, 5) is 59.2. The number of methoxy groups -OCH3 is 1. The van der Waals surface area contributed by atoms with Gasteiger partial charge in [0.2, 0.25) is 17.7 Å². The second-order valence-corrected chi connectivity index (χ2v) is 15.4. The predicted molar refractivity (Wildman–Crippen MR) is 207 cm³/mol. The van der Waals surface area contributed by atoms with E-state index < -0.39 is 5.92 Å². The number of rotatable bonds is 11. The zero-order valence-electron chi connectivity index (χ0n) is 31.8. The van der Waals surface area contributed by atoms with Gasteiger partial charge in [-0.2, -0.15) is 0 Å². The SMILES string of the molecule is CCCC1CCCCC1.CNC(=O)CNC(=O)C1CN(C(=O)Cc2c[nH]c3cc(Cl)ccc23)CC2CN(C(=O)c3ccc(OC(C)C)c(OC)c3)CC21. The van der Waals surface area contributed by atoms with Crippen molar-refractivity contribution >= 4 is 46.1 Å². The normalized spacial score (nSPS) is 20.0. The number of likely N-dealkylation sites (tertiary alicyclic amines) is 2. The summed E-state index contributed by atoms with van der Waals surface area (Å²) in [5, 5.41) is 6.74. The molecule has 0 radical (unpaired) electrons. The number of ether oxygens (including phenoxy) is 2. The molecule has 12 heteroatoms. The Balaban J connectivity index is 0.000000526. The fourth-order valence-electron chi connectivity index (χ4n) is 8.11. The fraction of sp³-hybridized carbons (Fsp3) is 0.561. The number of aromatic amines is 1. The molecule has 3 unspecified atom stereocenters. The van der Waals surface area contributed by atoms with Crippen LogP contribution in [0, 0.1) is 23.7 Å². The van der Waals surface area contributed by atoms with Crippen molar-refractivity contribution in [3.8, 4) is 11.5 Å². The molecule has 53 heavy (non-hydrogen) atoms. The molecule has 3 fully saturated rings. The van der Waals surface area contributed by atoms with Gasteiger partial charge in [-0.1, -0.05) is 69.5 Å². The summed E-state index contributed by atoms with van der Waals surface area (Å²) >= 11 is 6.12. The van der Waals surface area contributed by atoms with Crippen LogP contribution in [0.2, 0.25) is 5.02 Å². The third-order valence-corrected chi connectivity index (χ3v) is 11.1.